The topological polar surface area (TPSA) is 9.23 Å². The molecule has 1 unspecified atom stereocenters. The van der Waals surface area contributed by atoms with Crippen LogP contribution in [0.4, 0.5) is 13.2 Å². The first kappa shape index (κ1) is 17.4. The molecule has 0 aromatic heterocycles. The summed E-state index contributed by atoms with van der Waals surface area (Å²) in [4.78, 5) is 0. The fourth-order valence-corrected chi connectivity index (χ4v) is 4.44. The molecule has 3 rings (SSSR count). The third kappa shape index (κ3) is 4.34. The summed E-state index contributed by atoms with van der Waals surface area (Å²) in [5.41, 5.74) is 2.23. The van der Waals surface area contributed by atoms with Gasteiger partial charge in [-0.2, -0.15) is 0 Å². The monoisotopic (exact) mass is 338 g/mol. The molecule has 1 atom stereocenters. The van der Waals surface area contributed by atoms with E-state index in [0.29, 0.717) is 5.92 Å². The number of hydrogen-bond donors (Lipinski definition) is 0. The summed E-state index contributed by atoms with van der Waals surface area (Å²) in [5.74, 6) is 2.10. The van der Waals surface area contributed by atoms with Gasteiger partial charge >= 0.3 is 6.36 Å². The van der Waals surface area contributed by atoms with Gasteiger partial charge in [-0.1, -0.05) is 18.2 Å². The SMILES string of the molecule is C/C=C/C1CCC(C2CCc3cc(OC(F)(F)F)ccc3C2)CC1. The average Bonchev–Trinajstić information content (AvgIpc) is 2.54. The van der Waals surface area contributed by atoms with Crippen LogP contribution in [0.25, 0.3) is 0 Å². The lowest BCUT2D eigenvalue weighted by atomic mass is 9.70. The van der Waals surface area contributed by atoms with Gasteiger partial charge in [-0.25, -0.2) is 0 Å². The summed E-state index contributed by atoms with van der Waals surface area (Å²) in [5, 5.41) is 0. The summed E-state index contributed by atoms with van der Waals surface area (Å²) >= 11 is 0. The minimum absolute atomic E-state index is 0.0911. The molecule has 0 aliphatic heterocycles. The quantitative estimate of drug-likeness (QED) is 0.608. The zero-order valence-electron chi connectivity index (χ0n) is 14.1. The molecule has 4 heteroatoms. The van der Waals surface area contributed by atoms with E-state index in [1.807, 2.05) is 6.07 Å². The molecule has 1 nitrogen and oxygen atoms in total. The summed E-state index contributed by atoms with van der Waals surface area (Å²) in [6, 6.07) is 4.85. The van der Waals surface area contributed by atoms with E-state index in [1.165, 1.54) is 37.3 Å². The number of hydrogen-bond acceptors (Lipinski definition) is 1. The number of rotatable bonds is 3. The standard InChI is InChI=1S/C20H25F3O/c1-2-3-14-4-6-15(7-5-14)16-8-9-18-13-19(24-20(21,22)23)11-10-17(18)12-16/h2-3,10-11,13-16H,4-9,12H2,1H3/b3-2+. The fourth-order valence-electron chi connectivity index (χ4n) is 4.44. The molecule has 0 spiro atoms. The highest BCUT2D eigenvalue weighted by atomic mass is 19.4. The Morgan fingerprint density at radius 2 is 1.75 bits per heavy atom. The minimum Gasteiger partial charge on any atom is -0.406 e. The van der Waals surface area contributed by atoms with Gasteiger partial charge in [0, 0.05) is 0 Å². The van der Waals surface area contributed by atoms with Crippen LogP contribution in [0, 0.1) is 17.8 Å². The first-order valence-electron chi connectivity index (χ1n) is 8.95. The maximum Gasteiger partial charge on any atom is 0.573 e. The van der Waals surface area contributed by atoms with E-state index in [9.17, 15) is 13.2 Å². The first-order chi connectivity index (χ1) is 11.4. The predicted octanol–water partition coefficient (Wildman–Crippen LogP) is 6.07. The van der Waals surface area contributed by atoms with Crippen molar-refractivity contribution in [2.45, 2.75) is 58.2 Å². The number of fused-ring (bicyclic) bond motifs is 1. The molecule has 132 valence electrons. The van der Waals surface area contributed by atoms with Crippen molar-refractivity contribution >= 4 is 0 Å². The van der Waals surface area contributed by atoms with E-state index in [0.717, 1.165) is 36.7 Å². The second kappa shape index (κ2) is 7.20. The van der Waals surface area contributed by atoms with E-state index in [4.69, 9.17) is 0 Å². The molecule has 0 radical (unpaired) electrons. The Morgan fingerprint density at radius 1 is 1.00 bits per heavy atom. The smallest absolute Gasteiger partial charge is 0.406 e. The highest BCUT2D eigenvalue weighted by Gasteiger charge is 2.32. The Morgan fingerprint density at radius 3 is 2.42 bits per heavy atom. The molecular formula is C20H25F3O. The number of alkyl halides is 3. The average molecular weight is 338 g/mol. The van der Waals surface area contributed by atoms with Crippen LogP contribution < -0.4 is 4.74 Å². The number of ether oxygens (including phenoxy) is 1. The molecule has 0 saturated heterocycles. The zero-order chi connectivity index (χ0) is 17.2. The lowest BCUT2D eigenvalue weighted by molar-refractivity contribution is -0.274. The van der Waals surface area contributed by atoms with Crippen LogP contribution in [-0.2, 0) is 12.8 Å². The Labute approximate surface area is 141 Å². The van der Waals surface area contributed by atoms with Gasteiger partial charge in [-0.15, -0.1) is 13.2 Å². The van der Waals surface area contributed by atoms with E-state index < -0.39 is 6.36 Å². The second-order valence-electron chi connectivity index (χ2n) is 7.18. The molecule has 24 heavy (non-hydrogen) atoms. The molecule has 0 amide bonds. The maximum atomic E-state index is 12.3. The molecule has 0 N–H and O–H groups in total. The van der Waals surface area contributed by atoms with Crippen LogP contribution >= 0.6 is 0 Å². The van der Waals surface area contributed by atoms with Crippen molar-refractivity contribution in [3.8, 4) is 5.75 Å². The van der Waals surface area contributed by atoms with Gasteiger partial charge in [-0.05, 0) is 92.9 Å². The van der Waals surface area contributed by atoms with Gasteiger partial charge in [0.15, 0.2) is 0 Å². The van der Waals surface area contributed by atoms with Crippen LogP contribution in [0.3, 0.4) is 0 Å². The molecular weight excluding hydrogens is 313 g/mol. The number of aryl methyl sites for hydroxylation is 1. The van der Waals surface area contributed by atoms with Crippen molar-refractivity contribution in [1.82, 2.24) is 0 Å². The Bertz CT molecular complexity index is 583. The summed E-state index contributed by atoms with van der Waals surface area (Å²) in [6.07, 6.45) is 7.93. The third-order valence-electron chi connectivity index (χ3n) is 5.63. The van der Waals surface area contributed by atoms with Gasteiger partial charge < -0.3 is 4.74 Å². The van der Waals surface area contributed by atoms with Crippen molar-refractivity contribution in [2.75, 3.05) is 0 Å². The Kier molecular flexibility index (Phi) is 5.21. The number of halogens is 3. The van der Waals surface area contributed by atoms with Gasteiger partial charge in [0.25, 0.3) is 0 Å². The molecule has 1 aromatic carbocycles. The first-order valence-corrected chi connectivity index (χ1v) is 8.95. The normalized spacial score (nSPS) is 27.9. The molecule has 1 fully saturated rings. The van der Waals surface area contributed by atoms with Gasteiger partial charge in [0.05, 0.1) is 0 Å². The van der Waals surface area contributed by atoms with Crippen LogP contribution in [0.15, 0.2) is 30.4 Å². The maximum absolute atomic E-state index is 12.3. The summed E-state index contributed by atoms with van der Waals surface area (Å²) in [7, 11) is 0. The molecule has 2 aliphatic carbocycles. The molecule has 2 aliphatic rings. The van der Waals surface area contributed by atoms with E-state index in [-0.39, 0.29) is 5.75 Å². The van der Waals surface area contributed by atoms with Gasteiger partial charge in [0.1, 0.15) is 5.75 Å². The minimum atomic E-state index is -4.61. The molecule has 0 bridgehead atoms. The largest absolute Gasteiger partial charge is 0.573 e. The predicted molar refractivity (Wildman–Crippen MR) is 88.9 cm³/mol. The Hall–Kier alpha value is -1.45. The highest BCUT2D eigenvalue weighted by molar-refractivity contribution is 5.37. The number of allylic oxidation sites excluding steroid dienone is 2. The van der Waals surface area contributed by atoms with Crippen LogP contribution in [0.5, 0.6) is 5.75 Å². The van der Waals surface area contributed by atoms with Crippen LogP contribution in [-0.4, -0.2) is 6.36 Å². The third-order valence-corrected chi connectivity index (χ3v) is 5.63. The van der Waals surface area contributed by atoms with E-state index >= 15 is 0 Å². The summed E-state index contributed by atoms with van der Waals surface area (Å²) < 4.78 is 41.1. The van der Waals surface area contributed by atoms with Crippen molar-refractivity contribution in [3.63, 3.8) is 0 Å². The van der Waals surface area contributed by atoms with Gasteiger partial charge in [-0.3, -0.25) is 0 Å². The lowest BCUT2D eigenvalue weighted by Gasteiger charge is -2.36. The van der Waals surface area contributed by atoms with Crippen molar-refractivity contribution in [1.29, 1.82) is 0 Å². The van der Waals surface area contributed by atoms with Crippen molar-refractivity contribution < 1.29 is 17.9 Å². The summed E-state index contributed by atoms with van der Waals surface area (Å²) in [6.45, 7) is 2.08. The van der Waals surface area contributed by atoms with Crippen molar-refractivity contribution in [2.24, 2.45) is 17.8 Å². The van der Waals surface area contributed by atoms with Crippen LogP contribution in [0.2, 0.25) is 0 Å². The molecule has 1 aromatic rings. The lowest BCUT2D eigenvalue weighted by Crippen LogP contribution is -2.26. The highest BCUT2D eigenvalue weighted by Crippen LogP contribution is 2.40. The molecule has 0 heterocycles. The van der Waals surface area contributed by atoms with Crippen LogP contribution in [0.1, 0.15) is 50.2 Å². The van der Waals surface area contributed by atoms with E-state index in [2.05, 4.69) is 23.8 Å². The zero-order valence-corrected chi connectivity index (χ0v) is 14.1. The van der Waals surface area contributed by atoms with Crippen molar-refractivity contribution in [3.05, 3.63) is 41.5 Å². The van der Waals surface area contributed by atoms with E-state index in [1.54, 1.807) is 6.07 Å². The fraction of sp³-hybridized carbons (Fsp3) is 0.600. The number of benzene rings is 1. The Balaban J connectivity index is 1.61. The second-order valence-corrected chi connectivity index (χ2v) is 7.18. The van der Waals surface area contributed by atoms with Gasteiger partial charge in [0.2, 0.25) is 0 Å². The molecule has 1 saturated carbocycles.